The number of aryl methyl sites for hydroxylation is 2. The molecule has 1 N–H and O–H groups in total. The summed E-state index contributed by atoms with van der Waals surface area (Å²) in [4.78, 5) is 4.26. The van der Waals surface area contributed by atoms with Crippen molar-refractivity contribution in [2.45, 2.75) is 20.4 Å². The van der Waals surface area contributed by atoms with Crippen LogP contribution in [0.5, 0.6) is 11.6 Å². The molecule has 4 heteroatoms. The first kappa shape index (κ1) is 13.5. The Morgan fingerprint density at radius 3 is 2.63 bits per heavy atom. The molecule has 3 nitrogen and oxygen atoms in total. The molecule has 0 saturated carbocycles. The smallest absolute Gasteiger partial charge is 0.222 e. The number of rotatable bonds is 4. The van der Waals surface area contributed by atoms with E-state index < -0.39 is 0 Å². The third-order valence-electron chi connectivity index (χ3n) is 2.83. The van der Waals surface area contributed by atoms with Crippen molar-refractivity contribution in [2.24, 2.45) is 0 Å². The fourth-order valence-corrected chi connectivity index (χ4v) is 1.78. The van der Waals surface area contributed by atoms with Gasteiger partial charge in [-0.2, -0.15) is 0 Å². The summed E-state index contributed by atoms with van der Waals surface area (Å²) < 4.78 is 19.0. The maximum absolute atomic E-state index is 13.4. The highest BCUT2D eigenvalue weighted by atomic mass is 19.1. The van der Waals surface area contributed by atoms with Crippen molar-refractivity contribution in [3.63, 3.8) is 0 Å². The second kappa shape index (κ2) is 5.80. The standard InChI is InChI=1S/C15H17FN2O/c1-10-4-5-13(7-14(10)16)19-15-11(2)6-12(8-17-3)9-18-15/h4-7,9,17H,8H2,1-3H3. The predicted molar refractivity (Wildman–Crippen MR) is 72.9 cm³/mol. The van der Waals surface area contributed by atoms with Gasteiger partial charge in [0.05, 0.1) is 0 Å². The zero-order valence-electron chi connectivity index (χ0n) is 11.3. The van der Waals surface area contributed by atoms with E-state index in [0.717, 1.165) is 17.7 Å². The molecule has 2 aromatic rings. The Balaban J connectivity index is 2.20. The molecule has 0 spiro atoms. The number of nitrogens with one attached hydrogen (secondary N) is 1. The lowest BCUT2D eigenvalue weighted by atomic mass is 10.2. The molecular weight excluding hydrogens is 243 g/mol. The zero-order chi connectivity index (χ0) is 13.8. The molecule has 0 atom stereocenters. The minimum atomic E-state index is -0.276. The fraction of sp³-hybridized carbons (Fsp3) is 0.267. The highest BCUT2D eigenvalue weighted by Crippen LogP contribution is 2.24. The molecule has 2 rings (SSSR count). The van der Waals surface area contributed by atoms with Crippen LogP contribution in [0.25, 0.3) is 0 Å². The summed E-state index contributed by atoms with van der Waals surface area (Å²) in [5.41, 5.74) is 2.61. The van der Waals surface area contributed by atoms with Crippen LogP contribution in [0.4, 0.5) is 4.39 Å². The van der Waals surface area contributed by atoms with E-state index in [1.807, 2.05) is 20.0 Å². The Bertz CT molecular complexity index is 584. The van der Waals surface area contributed by atoms with Crippen LogP contribution in [-0.2, 0) is 6.54 Å². The number of hydrogen-bond acceptors (Lipinski definition) is 3. The number of hydrogen-bond donors (Lipinski definition) is 1. The summed E-state index contributed by atoms with van der Waals surface area (Å²) in [7, 11) is 1.88. The van der Waals surface area contributed by atoms with E-state index in [1.165, 1.54) is 6.07 Å². The summed E-state index contributed by atoms with van der Waals surface area (Å²) in [6.45, 7) is 4.40. The van der Waals surface area contributed by atoms with Crippen LogP contribution in [0, 0.1) is 19.7 Å². The summed E-state index contributed by atoms with van der Waals surface area (Å²) >= 11 is 0. The molecule has 1 aromatic carbocycles. The van der Waals surface area contributed by atoms with Gasteiger partial charge in [-0.05, 0) is 44.2 Å². The zero-order valence-corrected chi connectivity index (χ0v) is 11.3. The molecule has 0 fully saturated rings. The Labute approximate surface area is 112 Å². The van der Waals surface area contributed by atoms with E-state index in [0.29, 0.717) is 17.2 Å². The van der Waals surface area contributed by atoms with E-state index in [-0.39, 0.29) is 5.82 Å². The highest BCUT2D eigenvalue weighted by Gasteiger charge is 2.06. The molecule has 0 bridgehead atoms. The van der Waals surface area contributed by atoms with Crippen LogP contribution < -0.4 is 10.1 Å². The fourth-order valence-electron chi connectivity index (χ4n) is 1.78. The van der Waals surface area contributed by atoms with Crippen molar-refractivity contribution < 1.29 is 9.13 Å². The third kappa shape index (κ3) is 3.29. The SMILES string of the molecule is CNCc1cnc(Oc2ccc(C)c(F)c2)c(C)c1. The summed E-state index contributed by atoms with van der Waals surface area (Å²) in [5, 5.41) is 3.06. The van der Waals surface area contributed by atoms with Gasteiger partial charge in [-0.15, -0.1) is 0 Å². The number of aromatic nitrogens is 1. The van der Waals surface area contributed by atoms with Crippen molar-refractivity contribution in [3.8, 4) is 11.6 Å². The quantitative estimate of drug-likeness (QED) is 0.915. The van der Waals surface area contributed by atoms with E-state index in [9.17, 15) is 4.39 Å². The summed E-state index contributed by atoms with van der Waals surface area (Å²) in [5.74, 6) is 0.685. The van der Waals surface area contributed by atoms with Gasteiger partial charge >= 0.3 is 0 Å². The molecule has 19 heavy (non-hydrogen) atoms. The molecule has 0 aliphatic carbocycles. The van der Waals surface area contributed by atoms with Crippen molar-refractivity contribution in [2.75, 3.05) is 7.05 Å². The van der Waals surface area contributed by atoms with E-state index >= 15 is 0 Å². The highest BCUT2D eigenvalue weighted by molar-refractivity contribution is 5.35. The lowest BCUT2D eigenvalue weighted by Crippen LogP contribution is -2.06. The third-order valence-corrected chi connectivity index (χ3v) is 2.83. The van der Waals surface area contributed by atoms with Gasteiger partial charge in [0.2, 0.25) is 5.88 Å². The van der Waals surface area contributed by atoms with Gasteiger partial charge in [0.15, 0.2) is 0 Å². The average Bonchev–Trinajstić information content (AvgIpc) is 2.37. The second-order valence-electron chi connectivity index (χ2n) is 4.51. The van der Waals surface area contributed by atoms with Crippen molar-refractivity contribution in [1.82, 2.24) is 10.3 Å². The molecule has 0 aliphatic heterocycles. The largest absolute Gasteiger partial charge is 0.439 e. The van der Waals surface area contributed by atoms with Crippen molar-refractivity contribution in [1.29, 1.82) is 0 Å². The van der Waals surface area contributed by atoms with Crippen molar-refractivity contribution >= 4 is 0 Å². The second-order valence-corrected chi connectivity index (χ2v) is 4.51. The van der Waals surface area contributed by atoms with E-state index in [1.54, 1.807) is 25.3 Å². The van der Waals surface area contributed by atoms with Crippen molar-refractivity contribution in [3.05, 3.63) is 53.0 Å². The normalized spacial score (nSPS) is 10.5. The minimum absolute atomic E-state index is 0.276. The molecule has 1 aromatic heterocycles. The monoisotopic (exact) mass is 260 g/mol. The van der Waals surface area contributed by atoms with Crippen LogP contribution in [0.1, 0.15) is 16.7 Å². The van der Waals surface area contributed by atoms with Gasteiger partial charge in [-0.25, -0.2) is 9.37 Å². The first-order valence-electron chi connectivity index (χ1n) is 6.14. The van der Waals surface area contributed by atoms with E-state index in [2.05, 4.69) is 10.3 Å². The Hall–Kier alpha value is -1.94. The van der Waals surface area contributed by atoms with Gasteiger partial charge in [-0.1, -0.05) is 6.07 Å². The summed E-state index contributed by atoms with van der Waals surface area (Å²) in [6, 6.07) is 6.80. The lowest BCUT2D eigenvalue weighted by molar-refractivity contribution is 0.453. The van der Waals surface area contributed by atoms with Crippen LogP contribution in [-0.4, -0.2) is 12.0 Å². The topological polar surface area (TPSA) is 34.2 Å². The molecule has 0 aliphatic rings. The maximum Gasteiger partial charge on any atom is 0.222 e. The molecule has 1 heterocycles. The molecular formula is C15H17FN2O. The van der Waals surface area contributed by atoms with Gasteiger partial charge in [-0.3, -0.25) is 0 Å². The Morgan fingerprint density at radius 2 is 2.00 bits per heavy atom. The van der Waals surface area contributed by atoms with Crippen LogP contribution in [0.3, 0.4) is 0 Å². The number of nitrogens with zero attached hydrogens (tertiary/aromatic N) is 1. The Kier molecular flexibility index (Phi) is 4.12. The average molecular weight is 260 g/mol. The van der Waals surface area contributed by atoms with Gasteiger partial charge in [0.25, 0.3) is 0 Å². The Morgan fingerprint density at radius 1 is 1.21 bits per heavy atom. The first-order chi connectivity index (χ1) is 9.10. The molecule has 0 saturated heterocycles. The maximum atomic E-state index is 13.4. The molecule has 0 amide bonds. The van der Waals surface area contributed by atoms with Gasteiger partial charge in [0.1, 0.15) is 11.6 Å². The van der Waals surface area contributed by atoms with Gasteiger partial charge in [0, 0.05) is 24.4 Å². The first-order valence-corrected chi connectivity index (χ1v) is 6.14. The number of ether oxygens (including phenoxy) is 1. The number of pyridine rings is 1. The number of benzene rings is 1. The van der Waals surface area contributed by atoms with Crippen LogP contribution in [0.2, 0.25) is 0 Å². The van der Waals surface area contributed by atoms with Crippen LogP contribution in [0.15, 0.2) is 30.5 Å². The molecule has 100 valence electrons. The van der Waals surface area contributed by atoms with E-state index in [4.69, 9.17) is 4.74 Å². The molecule has 0 unspecified atom stereocenters. The number of halogens is 1. The lowest BCUT2D eigenvalue weighted by Gasteiger charge is -2.09. The summed E-state index contributed by atoms with van der Waals surface area (Å²) in [6.07, 6.45) is 1.75. The minimum Gasteiger partial charge on any atom is -0.439 e. The predicted octanol–water partition coefficient (Wildman–Crippen LogP) is 3.35. The van der Waals surface area contributed by atoms with Crippen LogP contribution >= 0.6 is 0 Å². The van der Waals surface area contributed by atoms with Gasteiger partial charge < -0.3 is 10.1 Å². The molecule has 0 radical (unpaired) electrons.